The van der Waals surface area contributed by atoms with Crippen molar-refractivity contribution in [1.29, 1.82) is 0 Å². The van der Waals surface area contributed by atoms with E-state index >= 15 is 0 Å². The van der Waals surface area contributed by atoms with Crippen LogP contribution in [0.25, 0.3) is 0 Å². The molecule has 0 bridgehead atoms. The van der Waals surface area contributed by atoms with Crippen LogP contribution in [0.15, 0.2) is 30.7 Å². The van der Waals surface area contributed by atoms with Gasteiger partial charge in [-0.05, 0) is 31.2 Å². The van der Waals surface area contributed by atoms with Crippen molar-refractivity contribution >= 4 is 11.6 Å². The lowest BCUT2D eigenvalue weighted by Crippen LogP contribution is -2.19. The Balaban J connectivity index is 2.20. The SMILES string of the molecule is CNC(Cc1ccc(Cl)cc1F)c1cn(C)cn1. The predicted molar refractivity (Wildman–Crippen MR) is 70.1 cm³/mol. The minimum absolute atomic E-state index is 0.0122. The van der Waals surface area contributed by atoms with Gasteiger partial charge in [0.2, 0.25) is 0 Å². The summed E-state index contributed by atoms with van der Waals surface area (Å²) < 4.78 is 15.6. The van der Waals surface area contributed by atoms with Gasteiger partial charge in [0.15, 0.2) is 0 Å². The quantitative estimate of drug-likeness (QED) is 0.923. The minimum atomic E-state index is -0.279. The van der Waals surface area contributed by atoms with Gasteiger partial charge < -0.3 is 9.88 Å². The zero-order chi connectivity index (χ0) is 13.1. The molecule has 0 aliphatic carbocycles. The Bertz CT molecular complexity index is 539. The molecule has 5 heteroatoms. The number of nitrogens with zero attached hydrogens (tertiary/aromatic N) is 2. The van der Waals surface area contributed by atoms with Crippen molar-refractivity contribution in [2.24, 2.45) is 7.05 Å². The number of benzene rings is 1. The van der Waals surface area contributed by atoms with Crippen LogP contribution in [0, 0.1) is 5.82 Å². The first kappa shape index (κ1) is 13.1. The van der Waals surface area contributed by atoms with Crippen molar-refractivity contribution in [3.63, 3.8) is 0 Å². The van der Waals surface area contributed by atoms with Gasteiger partial charge in [0.25, 0.3) is 0 Å². The van der Waals surface area contributed by atoms with E-state index in [-0.39, 0.29) is 11.9 Å². The van der Waals surface area contributed by atoms with E-state index in [4.69, 9.17) is 11.6 Å². The van der Waals surface area contributed by atoms with Crippen LogP contribution in [-0.2, 0) is 13.5 Å². The van der Waals surface area contributed by atoms with Crippen molar-refractivity contribution in [2.45, 2.75) is 12.5 Å². The molecule has 0 spiro atoms. The highest BCUT2D eigenvalue weighted by atomic mass is 35.5. The Hall–Kier alpha value is -1.39. The van der Waals surface area contributed by atoms with E-state index in [1.54, 1.807) is 18.5 Å². The van der Waals surface area contributed by atoms with Gasteiger partial charge >= 0.3 is 0 Å². The number of rotatable bonds is 4. The first-order valence-electron chi connectivity index (χ1n) is 5.69. The molecule has 1 unspecified atom stereocenters. The second-order valence-corrected chi connectivity index (χ2v) is 4.68. The summed E-state index contributed by atoms with van der Waals surface area (Å²) in [5.41, 5.74) is 1.53. The molecule has 96 valence electrons. The fourth-order valence-corrected chi connectivity index (χ4v) is 2.03. The monoisotopic (exact) mass is 267 g/mol. The van der Waals surface area contributed by atoms with E-state index < -0.39 is 0 Å². The lowest BCUT2D eigenvalue weighted by molar-refractivity contribution is 0.546. The topological polar surface area (TPSA) is 29.9 Å². The summed E-state index contributed by atoms with van der Waals surface area (Å²) in [5, 5.41) is 3.56. The fourth-order valence-electron chi connectivity index (χ4n) is 1.87. The average Bonchev–Trinajstić information content (AvgIpc) is 2.75. The van der Waals surface area contributed by atoms with Gasteiger partial charge in [-0.3, -0.25) is 0 Å². The van der Waals surface area contributed by atoms with Crippen molar-refractivity contribution in [3.8, 4) is 0 Å². The largest absolute Gasteiger partial charge is 0.340 e. The summed E-state index contributed by atoms with van der Waals surface area (Å²) >= 11 is 5.74. The zero-order valence-electron chi connectivity index (χ0n) is 10.3. The molecule has 0 amide bonds. The summed E-state index contributed by atoms with van der Waals surface area (Å²) in [6, 6.07) is 4.74. The Morgan fingerprint density at radius 3 is 2.83 bits per heavy atom. The van der Waals surface area contributed by atoms with Crippen LogP contribution in [0.2, 0.25) is 5.02 Å². The number of hydrogen-bond donors (Lipinski definition) is 1. The number of hydrogen-bond acceptors (Lipinski definition) is 2. The number of imidazole rings is 1. The van der Waals surface area contributed by atoms with Gasteiger partial charge in [-0.15, -0.1) is 0 Å². The van der Waals surface area contributed by atoms with Crippen molar-refractivity contribution in [3.05, 3.63) is 52.8 Å². The highest BCUT2D eigenvalue weighted by molar-refractivity contribution is 6.30. The predicted octanol–water partition coefficient (Wildman–Crippen LogP) is 2.72. The lowest BCUT2D eigenvalue weighted by Gasteiger charge is -2.14. The van der Waals surface area contributed by atoms with Gasteiger partial charge in [0, 0.05) is 18.3 Å². The fraction of sp³-hybridized carbons (Fsp3) is 0.308. The Morgan fingerprint density at radius 2 is 2.28 bits per heavy atom. The summed E-state index contributed by atoms with van der Waals surface area (Å²) in [5.74, 6) is -0.279. The van der Waals surface area contributed by atoms with E-state index in [0.717, 1.165) is 5.69 Å². The average molecular weight is 268 g/mol. The molecule has 0 radical (unpaired) electrons. The molecule has 1 aromatic heterocycles. The van der Waals surface area contributed by atoms with Gasteiger partial charge in [0.05, 0.1) is 18.1 Å². The Kier molecular flexibility index (Phi) is 3.99. The molecule has 3 nitrogen and oxygen atoms in total. The third-order valence-corrected chi connectivity index (χ3v) is 3.10. The number of nitrogens with one attached hydrogen (secondary N) is 1. The second-order valence-electron chi connectivity index (χ2n) is 4.25. The second kappa shape index (κ2) is 5.50. The van der Waals surface area contributed by atoms with E-state index in [2.05, 4.69) is 10.3 Å². The number of aromatic nitrogens is 2. The van der Waals surface area contributed by atoms with E-state index in [0.29, 0.717) is 17.0 Å². The molecule has 18 heavy (non-hydrogen) atoms. The summed E-state index contributed by atoms with van der Waals surface area (Å²) in [7, 11) is 3.75. The van der Waals surface area contributed by atoms with Crippen molar-refractivity contribution < 1.29 is 4.39 Å². The molecule has 0 aliphatic heterocycles. The van der Waals surface area contributed by atoms with Gasteiger partial charge in [0.1, 0.15) is 5.82 Å². The van der Waals surface area contributed by atoms with Crippen molar-refractivity contribution in [2.75, 3.05) is 7.05 Å². The molecule has 2 aromatic rings. The summed E-state index contributed by atoms with van der Waals surface area (Å²) in [4.78, 5) is 4.28. The summed E-state index contributed by atoms with van der Waals surface area (Å²) in [6.45, 7) is 0. The van der Waals surface area contributed by atoms with Crippen LogP contribution < -0.4 is 5.32 Å². The molecule has 0 fully saturated rings. The molecular weight excluding hydrogens is 253 g/mol. The van der Waals surface area contributed by atoms with Crippen LogP contribution in [0.4, 0.5) is 4.39 Å². The maximum Gasteiger partial charge on any atom is 0.127 e. The summed E-state index contributed by atoms with van der Waals surface area (Å²) in [6.07, 6.45) is 4.20. The van der Waals surface area contributed by atoms with Crippen LogP contribution in [0.1, 0.15) is 17.3 Å². The normalized spacial score (nSPS) is 12.7. The first-order chi connectivity index (χ1) is 8.60. The zero-order valence-corrected chi connectivity index (χ0v) is 11.1. The minimum Gasteiger partial charge on any atom is -0.340 e. The number of halogens is 2. The smallest absolute Gasteiger partial charge is 0.127 e. The third kappa shape index (κ3) is 2.89. The third-order valence-electron chi connectivity index (χ3n) is 2.87. The number of likely N-dealkylation sites (N-methyl/N-ethyl adjacent to an activating group) is 1. The molecule has 0 aliphatic rings. The molecule has 1 N–H and O–H groups in total. The first-order valence-corrected chi connectivity index (χ1v) is 6.07. The highest BCUT2D eigenvalue weighted by Gasteiger charge is 2.15. The van der Waals surface area contributed by atoms with Gasteiger partial charge in [-0.1, -0.05) is 17.7 Å². The molecule has 1 atom stereocenters. The number of aryl methyl sites for hydroxylation is 1. The standard InChI is InChI=1S/C13H15ClFN3/c1-16-12(13-7-18(2)8-17-13)5-9-3-4-10(14)6-11(9)15/h3-4,6-8,12,16H,5H2,1-2H3. The molecule has 0 saturated carbocycles. The molecule has 1 heterocycles. The van der Waals surface area contributed by atoms with Gasteiger partial charge in [-0.25, -0.2) is 9.37 Å². The van der Waals surface area contributed by atoms with Crippen LogP contribution in [0.5, 0.6) is 0 Å². The van der Waals surface area contributed by atoms with E-state index in [1.807, 2.05) is 24.9 Å². The molecule has 2 rings (SSSR count). The van der Waals surface area contributed by atoms with Crippen LogP contribution in [-0.4, -0.2) is 16.6 Å². The van der Waals surface area contributed by atoms with Crippen LogP contribution in [0.3, 0.4) is 0 Å². The van der Waals surface area contributed by atoms with Crippen LogP contribution >= 0.6 is 11.6 Å². The Morgan fingerprint density at radius 1 is 1.50 bits per heavy atom. The van der Waals surface area contributed by atoms with Gasteiger partial charge in [-0.2, -0.15) is 0 Å². The maximum atomic E-state index is 13.7. The molecule has 1 aromatic carbocycles. The lowest BCUT2D eigenvalue weighted by atomic mass is 10.0. The maximum absolute atomic E-state index is 13.7. The molecular formula is C13H15ClFN3. The van der Waals surface area contributed by atoms with Crippen molar-refractivity contribution in [1.82, 2.24) is 14.9 Å². The highest BCUT2D eigenvalue weighted by Crippen LogP contribution is 2.21. The van der Waals surface area contributed by atoms with E-state index in [9.17, 15) is 4.39 Å². The Labute approximate surface area is 111 Å². The van der Waals surface area contributed by atoms with E-state index in [1.165, 1.54) is 6.07 Å². The molecule has 0 saturated heterocycles.